The topological polar surface area (TPSA) is 30.5 Å². The van der Waals surface area contributed by atoms with E-state index in [4.69, 9.17) is 9.47 Å². The summed E-state index contributed by atoms with van der Waals surface area (Å²) in [6.45, 7) is 0.650. The molecule has 10 heteroatoms. The highest BCUT2D eigenvalue weighted by Crippen LogP contribution is 2.36. The normalized spacial score (nSPS) is 20.4. The van der Waals surface area contributed by atoms with Crippen LogP contribution in [0.25, 0.3) is 0 Å². The average Bonchev–Trinajstić information content (AvgIpc) is 2.67. The van der Waals surface area contributed by atoms with Crippen molar-refractivity contribution >= 4 is 0 Å². The molecule has 0 bridgehead atoms. The molecule has 2 unspecified atom stereocenters. The highest BCUT2D eigenvalue weighted by atomic mass is 19.4. The number of alkyl halides is 6. The first-order valence-corrected chi connectivity index (χ1v) is 9.04. The molecule has 0 spiro atoms. The van der Waals surface area contributed by atoms with Crippen molar-refractivity contribution in [3.63, 3.8) is 0 Å². The van der Waals surface area contributed by atoms with Crippen molar-refractivity contribution in [3.05, 3.63) is 70.5 Å². The van der Waals surface area contributed by atoms with Gasteiger partial charge < -0.3 is 14.8 Å². The van der Waals surface area contributed by atoms with Gasteiger partial charge in [0.2, 0.25) is 0 Å². The summed E-state index contributed by atoms with van der Waals surface area (Å²) in [5, 5.41) is 3.14. The zero-order valence-electron chi connectivity index (χ0n) is 15.5. The van der Waals surface area contributed by atoms with Crippen molar-refractivity contribution in [2.75, 3.05) is 19.8 Å². The lowest BCUT2D eigenvalue weighted by Crippen LogP contribution is -2.43. The molecule has 3 rings (SSSR count). The Kier molecular flexibility index (Phi) is 6.68. The Balaban J connectivity index is 1.70. The van der Waals surface area contributed by atoms with Gasteiger partial charge in [0.25, 0.3) is 0 Å². The minimum absolute atomic E-state index is 0.0864. The molecule has 1 aliphatic rings. The Hall–Kier alpha value is -2.17. The first-order chi connectivity index (χ1) is 14.0. The zero-order chi connectivity index (χ0) is 21.9. The molecule has 1 fully saturated rings. The van der Waals surface area contributed by atoms with Crippen molar-refractivity contribution in [1.29, 1.82) is 0 Å². The van der Waals surface area contributed by atoms with Crippen LogP contribution in [0.5, 0.6) is 0 Å². The minimum atomic E-state index is -4.90. The van der Waals surface area contributed by atoms with Gasteiger partial charge in [0.15, 0.2) is 6.29 Å². The maximum absolute atomic E-state index is 13.1. The van der Waals surface area contributed by atoms with Crippen molar-refractivity contribution in [2.24, 2.45) is 0 Å². The Labute approximate surface area is 167 Å². The van der Waals surface area contributed by atoms with E-state index in [2.05, 4.69) is 5.32 Å². The second-order valence-corrected chi connectivity index (χ2v) is 6.76. The van der Waals surface area contributed by atoms with Crippen molar-refractivity contribution < 1.29 is 40.2 Å². The maximum atomic E-state index is 13.1. The Bertz CT molecular complexity index is 817. The predicted octanol–water partition coefficient (Wildman–Crippen LogP) is 5.11. The molecular weight excluding hydrogens is 419 g/mol. The molecule has 1 N–H and O–H groups in total. The fourth-order valence-electron chi connectivity index (χ4n) is 3.13. The highest BCUT2D eigenvalue weighted by molar-refractivity contribution is 5.33. The molecular formula is C20H18F7NO2. The van der Waals surface area contributed by atoms with Crippen LogP contribution in [0.4, 0.5) is 30.7 Å². The van der Waals surface area contributed by atoms with Gasteiger partial charge in [-0.15, -0.1) is 0 Å². The fraction of sp³-hybridized carbons (Fsp3) is 0.400. The SMILES string of the molecule is Fc1ccc(C2NCCOC2OCCc2cc(C(F)(F)F)cc(C(F)(F)F)c2)cc1. The van der Waals surface area contributed by atoms with Gasteiger partial charge in [0, 0.05) is 6.54 Å². The summed E-state index contributed by atoms with van der Waals surface area (Å²) < 4.78 is 102. The molecule has 0 amide bonds. The summed E-state index contributed by atoms with van der Waals surface area (Å²) in [6, 6.07) is 6.61. The van der Waals surface area contributed by atoms with Crippen LogP contribution in [-0.4, -0.2) is 26.0 Å². The predicted molar refractivity (Wildman–Crippen MR) is 93.0 cm³/mol. The van der Waals surface area contributed by atoms with Gasteiger partial charge in [-0.3, -0.25) is 0 Å². The van der Waals surface area contributed by atoms with E-state index in [0.717, 1.165) is 0 Å². The van der Waals surface area contributed by atoms with Crippen LogP contribution in [0.3, 0.4) is 0 Å². The fourth-order valence-corrected chi connectivity index (χ4v) is 3.13. The van der Waals surface area contributed by atoms with E-state index < -0.39 is 41.6 Å². The first kappa shape index (κ1) is 22.5. The van der Waals surface area contributed by atoms with E-state index in [1.165, 1.54) is 12.1 Å². The first-order valence-electron chi connectivity index (χ1n) is 9.04. The molecule has 2 atom stereocenters. The van der Waals surface area contributed by atoms with Crippen LogP contribution >= 0.6 is 0 Å². The molecule has 1 aliphatic heterocycles. The molecule has 30 heavy (non-hydrogen) atoms. The second-order valence-electron chi connectivity index (χ2n) is 6.76. The summed E-state index contributed by atoms with van der Waals surface area (Å²) in [5.74, 6) is -0.419. The van der Waals surface area contributed by atoms with Crippen molar-refractivity contribution in [2.45, 2.75) is 31.1 Å². The zero-order valence-corrected chi connectivity index (χ0v) is 15.5. The van der Waals surface area contributed by atoms with Gasteiger partial charge >= 0.3 is 12.4 Å². The lowest BCUT2D eigenvalue weighted by atomic mass is 10.0. The van der Waals surface area contributed by atoms with Gasteiger partial charge in [0.05, 0.1) is 30.4 Å². The Morgan fingerprint density at radius 3 is 2.10 bits per heavy atom. The van der Waals surface area contributed by atoms with Crippen molar-refractivity contribution in [3.8, 4) is 0 Å². The van der Waals surface area contributed by atoms with Crippen LogP contribution in [-0.2, 0) is 28.2 Å². The van der Waals surface area contributed by atoms with Gasteiger partial charge in [-0.25, -0.2) is 4.39 Å². The molecule has 3 nitrogen and oxygen atoms in total. The summed E-state index contributed by atoms with van der Waals surface area (Å²) in [5.41, 5.74) is -2.21. The van der Waals surface area contributed by atoms with Gasteiger partial charge in [-0.2, -0.15) is 26.3 Å². The smallest absolute Gasteiger partial charge is 0.350 e. The summed E-state index contributed by atoms with van der Waals surface area (Å²) in [4.78, 5) is 0. The standard InChI is InChI=1S/C20H18F7NO2/c21-16-3-1-13(2-4-16)17-18(30-8-6-28-17)29-7-5-12-9-14(19(22,23)24)11-15(10-12)20(25,26)27/h1-4,9-11,17-18,28H,5-8H2. The van der Waals surface area contributed by atoms with E-state index in [1.807, 2.05) is 0 Å². The minimum Gasteiger partial charge on any atom is -0.350 e. The van der Waals surface area contributed by atoms with Gasteiger partial charge in [-0.05, 0) is 47.9 Å². The summed E-state index contributed by atoms with van der Waals surface area (Å²) in [7, 11) is 0. The Morgan fingerprint density at radius 2 is 1.53 bits per heavy atom. The van der Waals surface area contributed by atoms with Crippen LogP contribution < -0.4 is 5.32 Å². The third-order valence-corrected chi connectivity index (χ3v) is 4.57. The van der Waals surface area contributed by atoms with Gasteiger partial charge in [0.1, 0.15) is 5.82 Å². The lowest BCUT2D eigenvalue weighted by Gasteiger charge is -2.33. The number of morpholine rings is 1. The molecule has 0 aliphatic carbocycles. The average molecular weight is 437 g/mol. The summed E-state index contributed by atoms with van der Waals surface area (Å²) >= 11 is 0. The monoisotopic (exact) mass is 437 g/mol. The number of hydrogen-bond acceptors (Lipinski definition) is 3. The Morgan fingerprint density at radius 1 is 0.933 bits per heavy atom. The molecule has 1 saturated heterocycles. The molecule has 164 valence electrons. The van der Waals surface area contributed by atoms with Crippen molar-refractivity contribution in [1.82, 2.24) is 5.32 Å². The van der Waals surface area contributed by atoms with Gasteiger partial charge in [-0.1, -0.05) is 12.1 Å². The number of benzene rings is 2. The van der Waals surface area contributed by atoms with Crippen LogP contribution in [0.2, 0.25) is 0 Å². The molecule has 2 aromatic rings. The third kappa shape index (κ3) is 5.71. The lowest BCUT2D eigenvalue weighted by molar-refractivity contribution is -0.177. The van der Waals surface area contributed by atoms with Crippen LogP contribution in [0.15, 0.2) is 42.5 Å². The number of rotatable bonds is 5. The molecule has 0 saturated carbocycles. The van der Waals surface area contributed by atoms with E-state index in [9.17, 15) is 30.7 Å². The number of nitrogens with one attached hydrogen (secondary N) is 1. The molecule has 2 aromatic carbocycles. The van der Waals surface area contributed by atoms with E-state index >= 15 is 0 Å². The van der Waals surface area contributed by atoms with Crippen LogP contribution in [0.1, 0.15) is 28.3 Å². The van der Waals surface area contributed by atoms with E-state index in [-0.39, 0.29) is 24.7 Å². The second kappa shape index (κ2) is 8.91. The maximum Gasteiger partial charge on any atom is 0.416 e. The number of ether oxygens (including phenoxy) is 2. The highest BCUT2D eigenvalue weighted by Gasteiger charge is 2.37. The molecule has 0 aromatic heterocycles. The number of hydrogen-bond donors (Lipinski definition) is 1. The largest absolute Gasteiger partial charge is 0.416 e. The van der Waals surface area contributed by atoms with E-state index in [1.54, 1.807) is 12.1 Å². The van der Waals surface area contributed by atoms with Crippen LogP contribution in [0, 0.1) is 5.82 Å². The van der Waals surface area contributed by atoms with E-state index in [0.29, 0.717) is 30.8 Å². The quantitative estimate of drug-likeness (QED) is 0.660. The number of halogens is 7. The molecule has 0 radical (unpaired) electrons. The molecule has 1 heterocycles. The summed E-state index contributed by atoms with van der Waals surface area (Å²) in [6.07, 6.45) is -10.8. The third-order valence-electron chi connectivity index (χ3n) is 4.57.